The summed E-state index contributed by atoms with van der Waals surface area (Å²) in [6.07, 6.45) is 1.02. The number of aryl methyl sites for hydroxylation is 2. The number of carbonyl (C=O) groups is 3. The van der Waals surface area contributed by atoms with Gasteiger partial charge in [-0.3, -0.25) is 14.4 Å². The number of fused-ring (bicyclic) bond motifs is 2. The van der Waals surface area contributed by atoms with Gasteiger partial charge in [-0.1, -0.05) is 18.2 Å². The van der Waals surface area contributed by atoms with Gasteiger partial charge in [0.05, 0.1) is 22.5 Å². The summed E-state index contributed by atoms with van der Waals surface area (Å²) < 4.78 is 0. The molecule has 2 aliphatic heterocycles. The van der Waals surface area contributed by atoms with Crippen molar-refractivity contribution in [1.82, 2.24) is 0 Å². The maximum Gasteiger partial charge on any atom is 0.266 e. The van der Waals surface area contributed by atoms with Gasteiger partial charge in [-0.05, 0) is 42.7 Å². The molecule has 5 heteroatoms. The van der Waals surface area contributed by atoms with Crippen LogP contribution in [-0.2, 0) is 11.2 Å². The van der Waals surface area contributed by atoms with Crippen molar-refractivity contribution in [2.45, 2.75) is 19.8 Å². The van der Waals surface area contributed by atoms with Gasteiger partial charge in [0.25, 0.3) is 11.8 Å². The number of hydrogen-bond acceptors (Lipinski definition) is 3. The predicted molar refractivity (Wildman–Crippen MR) is 85.7 cm³/mol. The molecule has 0 saturated heterocycles. The zero-order valence-corrected chi connectivity index (χ0v) is 12.6. The zero-order valence-electron chi connectivity index (χ0n) is 12.6. The van der Waals surface area contributed by atoms with Crippen molar-refractivity contribution in [3.05, 3.63) is 58.7 Å². The van der Waals surface area contributed by atoms with Crippen molar-refractivity contribution in [2.75, 3.05) is 10.2 Å². The Morgan fingerprint density at radius 1 is 0.957 bits per heavy atom. The molecule has 2 aliphatic rings. The molecule has 3 amide bonds. The van der Waals surface area contributed by atoms with Crippen LogP contribution in [0.2, 0.25) is 0 Å². The highest BCUT2D eigenvalue weighted by Crippen LogP contribution is 2.38. The fourth-order valence-corrected chi connectivity index (χ4v) is 3.22. The molecule has 0 saturated carbocycles. The summed E-state index contributed by atoms with van der Waals surface area (Å²) in [5.41, 5.74) is 3.73. The SMILES string of the molecule is Cc1cc2c(c(N3C(=O)c4ccccc4C3=O)c1)NC(=O)CC2. The minimum absolute atomic E-state index is 0.0980. The largest absolute Gasteiger partial charge is 0.324 e. The summed E-state index contributed by atoms with van der Waals surface area (Å²) in [7, 11) is 0. The first-order chi connectivity index (χ1) is 11.1. The molecular formula is C18H14N2O3. The summed E-state index contributed by atoms with van der Waals surface area (Å²) in [5, 5.41) is 2.82. The van der Waals surface area contributed by atoms with E-state index in [0.717, 1.165) is 11.1 Å². The topological polar surface area (TPSA) is 66.5 Å². The molecule has 0 atom stereocenters. The number of rotatable bonds is 1. The second-order valence-corrected chi connectivity index (χ2v) is 5.86. The third-order valence-electron chi connectivity index (χ3n) is 4.26. The third-order valence-corrected chi connectivity index (χ3v) is 4.26. The van der Waals surface area contributed by atoms with Crippen LogP contribution in [0.25, 0.3) is 0 Å². The number of nitrogens with one attached hydrogen (secondary N) is 1. The average molecular weight is 306 g/mol. The molecule has 2 heterocycles. The van der Waals surface area contributed by atoms with Gasteiger partial charge in [0.1, 0.15) is 0 Å². The Kier molecular flexibility index (Phi) is 2.84. The molecule has 0 aromatic heterocycles. The number of anilines is 2. The van der Waals surface area contributed by atoms with E-state index in [0.29, 0.717) is 35.3 Å². The van der Waals surface area contributed by atoms with E-state index in [2.05, 4.69) is 5.32 Å². The van der Waals surface area contributed by atoms with Crippen molar-refractivity contribution in [3.8, 4) is 0 Å². The standard InChI is InChI=1S/C18H14N2O3/c1-10-8-11-6-7-15(21)19-16(11)14(9-10)20-17(22)12-4-2-3-5-13(12)18(20)23/h2-5,8-9H,6-7H2,1H3,(H,19,21). The van der Waals surface area contributed by atoms with Gasteiger partial charge in [0, 0.05) is 6.42 Å². The van der Waals surface area contributed by atoms with Gasteiger partial charge in [-0.2, -0.15) is 0 Å². The van der Waals surface area contributed by atoms with Crippen LogP contribution >= 0.6 is 0 Å². The van der Waals surface area contributed by atoms with E-state index in [1.54, 1.807) is 30.3 Å². The number of imide groups is 1. The molecule has 4 rings (SSSR count). The van der Waals surface area contributed by atoms with E-state index in [9.17, 15) is 14.4 Å². The number of benzene rings is 2. The first-order valence-corrected chi connectivity index (χ1v) is 7.47. The van der Waals surface area contributed by atoms with E-state index in [1.165, 1.54) is 4.90 Å². The van der Waals surface area contributed by atoms with Gasteiger partial charge in [0.15, 0.2) is 0 Å². The summed E-state index contributed by atoms with van der Waals surface area (Å²) in [6.45, 7) is 1.92. The number of nitrogens with zero attached hydrogens (tertiary/aromatic N) is 1. The lowest BCUT2D eigenvalue weighted by atomic mass is 9.98. The molecule has 5 nitrogen and oxygen atoms in total. The Morgan fingerprint density at radius 2 is 1.61 bits per heavy atom. The number of hydrogen-bond donors (Lipinski definition) is 1. The molecule has 2 aromatic rings. The van der Waals surface area contributed by atoms with Crippen LogP contribution in [0.5, 0.6) is 0 Å². The molecular weight excluding hydrogens is 292 g/mol. The summed E-state index contributed by atoms with van der Waals surface area (Å²) in [5.74, 6) is -0.796. The molecule has 114 valence electrons. The fourth-order valence-electron chi connectivity index (χ4n) is 3.22. The van der Waals surface area contributed by atoms with Crippen molar-refractivity contribution in [1.29, 1.82) is 0 Å². The van der Waals surface area contributed by atoms with Crippen molar-refractivity contribution >= 4 is 29.1 Å². The second kappa shape index (κ2) is 4.78. The van der Waals surface area contributed by atoms with Crippen LogP contribution in [0.3, 0.4) is 0 Å². The highest BCUT2D eigenvalue weighted by Gasteiger charge is 2.38. The normalized spacial score (nSPS) is 16.2. The third kappa shape index (κ3) is 1.97. The Labute approximate surface area is 132 Å². The minimum Gasteiger partial charge on any atom is -0.324 e. The average Bonchev–Trinajstić information content (AvgIpc) is 2.79. The highest BCUT2D eigenvalue weighted by molar-refractivity contribution is 6.35. The molecule has 0 unspecified atom stereocenters. The molecule has 0 radical (unpaired) electrons. The zero-order chi connectivity index (χ0) is 16.1. The number of amides is 3. The maximum atomic E-state index is 12.7. The van der Waals surface area contributed by atoms with Crippen molar-refractivity contribution in [3.63, 3.8) is 0 Å². The lowest BCUT2D eigenvalue weighted by Crippen LogP contribution is -2.32. The van der Waals surface area contributed by atoms with E-state index < -0.39 is 0 Å². The van der Waals surface area contributed by atoms with Crippen LogP contribution in [0, 0.1) is 6.92 Å². The van der Waals surface area contributed by atoms with E-state index in [-0.39, 0.29) is 17.7 Å². The predicted octanol–water partition coefficient (Wildman–Crippen LogP) is 2.68. The minimum atomic E-state index is -0.349. The molecule has 0 fully saturated rings. The monoisotopic (exact) mass is 306 g/mol. The Morgan fingerprint density at radius 3 is 2.26 bits per heavy atom. The molecule has 1 N–H and O–H groups in total. The van der Waals surface area contributed by atoms with Crippen LogP contribution in [0.4, 0.5) is 11.4 Å². The number of carbonyl (C=O) groups excluding carboxylic acids is 3. The summed E-state index contributed by atoms with van der Waals surface area (Å²) >= 11 is 0. The van der Waals surface area contributed by atoms with Crippen LogP contribution in [0.1, 0.15) is 38.3 Å². The van der Waals surface area contributed by atoms with E-state index in [1.807, 2.05) is 13.0 Å². The molecule has 23 heavy (non-hydrogen) atoms. The first kappa shape index (κ1) is 13.7. The Hall–Kier alpha value is -2.95. The quantitative estimate of drug-likeness (QED) is 0.824. The molecule has 0 spiro atoms. The first-order valence-electron chi connectivity index (χ1n) is 7.47. The smallest absolute Gasteiger partial charge is 0.266 e. The van der Waals surface area contributed by atoms with Gasteiger partial charge in [0.2, 0.25) is 5.91 Å². The highest BCUT2D eigenvalue weighted by atomic mass is 16.2. The molecule has 0 aliphatic carbocycles. The Balaban J connectivity index is 1.90. The summed E-state index contributed by atoms with van der Waals surface area (Å²) in [4.78, 5) is 38.3. The van der Waals surface area contributed by atoms with Gasteiger partial charge in [-0.15, -0.1) is 0 Å². The van der Waals surface area contributed by atoms with Crippen LogP contribution in [0.15, 0.2) is 36.4 Å². The van der Waals surface area contributed by atoms with Gasteiger partial charge in [-0.25, -0.2) is 4.90 Å². The molecule has 2 aromatic carbocycles. The maximum absolute atomic E-state index is 12.7. The van der Waals surface area contributed by atoms with Gasteiger partial charge < -0.3 is 5.32 Å². The van der Waals surface area contributed by atoms with Crippen molar-refractivity contribution in [2.24, 2.45) is 0 Å². The van der Waals surface area contributed by atoms with E-state index in [4.69, 9.17) is 0 Å². The second-order valence-electron chi connectivity index (χ2n) is 5.86. The van der Waals surface area contributed by atoms with Crippen LogP contribution in [-0.4, -0.2) is 17.7 Å². The molecule has 0 bridgehead atoms. The van der Waals surface area contributed by atoms with Crippen molar-refractivity contribution < 1.29 is 14.4 Å². The Bertz CT molecular complexity index is 851. The lowest BCUT2D eigenvalue weighted by Gasteiger charge is -2.25. The summed E-state index contributed by atoms with van der Waals surface area (Å²) in [6, 6.07) is 10.5. The van der Waals surface area contributed by atoms with E-state index >= 15 is 0 Å². The van der Waals surface area contributed by atoms with Crippen LogP contribution < -0.4 is 10.2 Å². The lowest BCUT2D eigenvalue weighted by molar-refractivity contribution is -0.116. The fraction of sp³-hybridized carbons (Fsp3) is 0.167. The van der Waals surface area contributed by atoms with Gasteiger partial charge >= 0.3 is 0 Å².